The summed E-state index contributed by atoms with van der Waals surface area (Å²) in [6, 6.07) is 11.4. The molecule has 0 saturated heterocycles. The van der Waals surface area contributed by atoms with Crippen LogP contribution in [0.2, 0.25) is 5.02 Å². The second-order valence-corrected chi connectivity index (χ2v) is 5.53. The van der Waals surface area contributed by atoms with Gasteiger partial charge in [0.05, 0.1) is 15.8 Å². The zero-order valence-electron chi connectivity index (χ0n) is 10.1. The number of halogens is 2. The highest BCUT2D eigenvalue weighted by Gasteiger charge is 2.14. The minimum absolute atomic E-state index is 0.100. The third-order valence-electron chi connectivity index (χ3n) is 2.69. The quantitative estimate of drug-likeness (QED) is 0.765. The molecule has 1 N–H and O–H groups in total. The minimum Gasteiger partial charge on any atom is -0.298 e. The largest absolute Gasteiger partial charge is 0.298 e. The summed E-state index contributed by atoms with van der Waals surface area (Å²) in [5.41, 5.74) is 0.691. The minimum atomic E-state index is -0.618. The predicted octanol–water partition coefficient (Wildman–Crippen LogP) is 4.34. The van der Waals surface area contributed by atoms with Crippen LogP contribution in [0.1, 0.15) is 10.4 Å². The van der Waals surface area contributed by atoms with Crippen molar-refractivity contribution in [3.63, 3.8) is 0 Å². The second-order valence-electron chi connectivity index (χ2n) is 4.07. The number of nitrogens with one attached hydrogen (secondary N) is 1. The molecule has 0 spiro atoms. The van der Waals surface area contributed by atoms with Gasteiger partial charge in [-0.15, -0.1) is 0 Å². The maximum Gasteiger partial charge on any atom is 0.260 e. The monoisotopic (exact) mass is 306 g/mol. The van der Waals surface area contributed by atoms with E-state index in [9.17, 15) is 9.18 Å². The van der Waals surface area contributed by atoms with Crippen LogP contribution in [-0.4, -0.2) is 10.9 Å². The van der Waals surface area contributed by atoms with E-state index in [4.69, 9.17) is 11.6 Å². The molecule has 20 heavy (non-hydrogen) atoms. The lowest BCUT2D eigenvalue weighted by molar-refractivity contribution is 0.102. The molecule has 1 heterocycles. The van der Waals surface area contributed by atoms with Gasteiger partial charge in [-0.1, -0.05) is 35.1 Å². The Morgan fingerprint density at radius 1 is 1.25 bits per heavy atom. The first-order valence-electron chi connectivity index (χ1n) is 5.75. The molecule has 100 valence electrons. The average molecular weight is 307 g/mol. The van der Waals surface area contributed by atoms with Crippen LogP contribution in [0.25, 0.3) is 10.2 Å². The Labute approximate surface area is 123 Å². The first-order chi connectivity index (χ1) is 9.63. The lowest BCUT2D eigenvalue weighted by atomic mass is 10.2. The Balaban J connectivity index is 1.90. The van der Waals surface area contributed by atoms with Gasteiger partial charge in [0, 0.05) is 5.02 Å². The number of fused-ring (bicyclic) bond motifs is 1. The van der Waals surface area contributed by atoms with Crippen LogP contribution < -0.4 is 5.32 Å². The third-order valence-corrected chi connectivity index (χ3v) is 3.87. The first kappa shape index (κ1) is 13.0. The highest BCUT2D eigenvalue weighted by atomic mass is 35.5. The van der Waals surface area contributed by atoms with Crippen LogP contribution in [0.3, 0.4) is 0 Å². The number of para-hydroxylation sites is 1. The third kappa shape index (κ3) is 2.50. The van der Waals surface area contributed by atoms with Crippen LogP contribution in [0.4, 0.5) is 9.52 Å². The predicted molar refractivity (Wildman–Crippen MR) is 79.0 cm³/mol. The molecule has 3 nitrogen and oxygen atoms in total. The van der Waals surface area contributed by atoms with Gasteiger partial charge in [-0.25, -0.2) is 9.37 Å². The SMILES string of the molecule is O=C(Nc1nc2ccccc2s1)c1cc(Cl)ccc1F. The molecule has 0 radical (unpaired) electrons. The van der Waals surface area contributed by atoms with Gasteiger partial charge in [-0.3, -0.25) is 10.1 Å². The number of amides is 1. The van der Waals surface area contributed by atoms with Gasteiger partial charge >= 0.3 is 0 Å². The Morgan fingerprint density at radius 3 is 2.85 bits per heavy atom. The number of anilines is 1. The van der Waals surface area contributed by atoms with E-state index in [1.807, 2.05) is 24.3 Å². The Hall–Kier alpha value is -1.98. The number of rotatable bonds is 2. The van der Waals surface area contributed by atoms with Crippen LogP contribution in [-0.2, 0) is 0 Å². The number of carbonyl (C=O) groups excluding carboxylic acids is 1. The van der Waals surface area contributed by atoms with Gasteiger partial charge in [0.15, 0.2) is 5.13 Å². The second kappa shape index (κ2) is 5.19. The summed E-state index contributed by atoms with van der Waals surface area (Å²) < 4.78 is 14.5. The summed E-state index contributed by atoms with van der Waals surface area (Å²) in [5, 5.41) is 3.32. The van der Waals surface area contributed by atoms with E-state index in [1.54, 1.807) is 0 Å². The van der Waals surface area contributed by atoms with Crippen LogP contribution in [0.15, 0.2) is 42.5 Å². The molecule has 0 aliphatic carbocycles. The highest BCUT2D eigenvalue weighted by Crippen LogP contribution is 2.26. The number of nitrogens with zero attached hydrogens (tertiary/aromatic N) is 1. The van der Waals surface area contributed by atoms with Gasteiger partial charge in [-0.2, -0.15) is 0 Å². The molecular weight excluding hydrogens is 299 g/mol. The smallest absolute Gasteiger partial charge is 0.260 e. The summed E-state index contributed by atoms with van der Waals surface area (Å²) >= 11 is 7.10. The molecule has 0 bridgehead atoms. The molecule has 0 atom stereocenters. The van der Waals surface area contributed by atoms with Gasteiger partial charge in [-0.05, 0) is 30.3 Å². The molecule has 0 unspecified atom stereocenters. The summed E-state index contributed by atoms with van der Waals surface area (Å²) in [6.07, 6.45) is 0. The summed E-state index contributed by atoms with van der Waals surface area (Å²) in [5.74, 6) is -1.18. The number of carbonyl (C=O) groups is 1. The van der Waals surface area contributed by atoms with Crippen molar-refractivity contribution >= 4 is 44.2 Å². The summed E-state index contributed by atoms with van der Waals surface area (Å²) in [6.45, 7) is 0. The maximum atomic E-state index is 13.6. The number of benzene rings is 2. The molecule has 2 aromatic carbocycles. The van der Waals surface area contributed by atoms with Gasteiger partial charge in [0.2, 0.25) is 0 Å². The number of aromatic nitrogens is 1. The van der Waals surface area contributed by atoms with E-state index in [2.05, 4.69) is 10.3 Å². The molecule has 0 aliphatic rings. The molecule has 0 fully saturated rings. The van der Waals surface area contributed by atoms with Crippen molar-refractivity contribution in [2.75, 3.05) is 5.32 Å². The Morgan fingerprint density at radius 2 is 2.05 bits per heavy atom. The fourth-order valence-electron chi connectivity index (χ4n) is 1.76. The fraction of sp³-hybridized carbons (Fsp3) is 0. The fourth-order valence-corrected chi connectivity index (χ4v) is 2.79. The lowest BCUT2D eigenvalue weighted by Crippen LogP contribution is -2.13. The molecule has 0 aliphatic heterocycles. The zero-order chi connectivity index (χ0) is 14.1. The van der Waals surface area contributed by atoms with Gasteiger partial charge in [0.1, 0.15) is 5.82 Å². The summed E-state index contributed by atoms with van der Waals surface area (Å²) in [4.78, 5) is 16.3. The number of thiazole rings is 1. The number of hydrogen-bond acceptors (Lipinski definition) is 3. The maximum absolute atomic E-state index is 13.6. The van der Waals surface area contributed by atoms with Crippen LogP contribution in [0.5, 0.6) is 0 Å². The van der Waals surface area contributed by atoms with Crippen molar-refractivity contribution in [2.24, 2.45) is 0 Å². The number of hydrogen-bond donors (Lipinski definition) is 1. The van der Waals surface area contributed by atoms with E-state index >= 15 is 0 Å². The van der Waals surface area contributed by atoms with E-state index < -0.39 is 11.7 Å². The van der Waals surface area contributed by atoms with Crippen molar-refractivity contribution < 1.29 is 9.18 Å². The average Bonchev–Trinajstić information content (AvgIpc) is 2.83. The molecule has 1 amide bonds. The van der Waals surface area contributed by atoms with Crippen molar-refractivity contribution in [3.05, 3.63) is 58.9 Å². The van der Waals surface area contributed by atoms with Crippen molar-refractivity contribution in [1.29, 1.82) is 0 Å². The standard InChI is InChI=1S/C14H8ClFN2OS/c15-8-5-6-10(16)9(7-8)13(19)18-14-17-11-3-1-2-4-12(11)20-14/h1-7H,(H,17,18,19). The van der Waals surface area contributed by atoms with Crippen LogP contribution >= 0.6 is 22.9 Å². The normalized spacial score (nSPS) is 10.7. The van der Waals surface area contributed by atoms with E-state index in [0.29, 0.717) is 10.2 Å². The van der Waals surface area contributed by atoms with Crippen molar-refractivity contribution in [3.8, 4) is 0 Å². The topological polar surface area (TPSA) is 42.0 Å². The van der Waals surface area contributed by atoms with Crippen molar-refractivity contribution in [1.82, 2.24) is 4.98 Å². The molecule has 3 rings (SSSR count). The van der Waals surface area contributed by atoms with Gasteiger partial charge in [0.25, 0.3) is 5.91 Å². The van der Waals surface area contributed by atoms with E-state index in [1.165, 1.54) is 23.5 Å². The summed E-state index contributed by atoms with van der Waals surface area (Å²) in [7, 11) is 0. The van der Waals surface area contributed by atoms with E-state index in [0.717, 1.165) is 16.3 Å². The molecule has 0 saturated carbocycles. The molecule has 6 heteroatoms. The molecule has 3 aromatic rings. The van der Waals surface area contributed by atoms with E-state index in [-0.39, 0.29) is 5.56 Å². The lowest BCUT2D eigenvalue weighted by Gasteiger charge is -2.03. The van der Waals surface area contributed by atoms with Gasteiger partial charge < -0.3 is 0 Å². The Kier molecular flexibility index (Phi) is 3.38. The van der Waals surface area contributed by atoms with Crippen LogP contribution in [0, 0.1) is 5.82 Å². The molecule has 1 aromatic heterocycles. The highest BCUT2D eigenvalue weighted by molar-refractivity contribution is 7.22. The molecular formula is C14H8ClFN2OS. The Bertz CT molecular complexity index is 770. The first-order valence-corrected chi connectivity index (χ1v) is 6.95. The van der Waals surface area contributed by atoms with Crippen molar-refractivity contribution in [2.45, 2.75) is 0 Å². The zero-order valence-corrected chi connectivity index (χ0v) is 11.6.